The van der Waals surface area contributed by atoms with E-state index >= 15 is 0 Å². The maximum Gasteiger partial charge on any atom is 0.261 e. The molecule has 1 amide bonds. The molecule has 110 valence electrons. The van der Waals surface area contributed by atoms with E-state index in [2.05, 4.69) is 15.3 Å². The van der Waals surface area contributed by atoms with Gasteiger partial charge in [-0.05, 0) is 37.8 Å². The minimum absolute atomic E-state index is 0.0839. The van der Waals surface area contributed by atoms with Crippen LogP contribution >= 0.6 is 0 Å². The molecule has 0 unspecified atom stereocenters. The van der Waals surface area contributed by atoms with E-state index in [0.717, 1.165) is 30.5 Å². The van der Waals surface area contributed by atoms with Crippen molar-refractivity contribution in [2.24, 2.45) is 0 Å². The van der Waals surface area contributed by atoms with Gasteiger partial charge in [-0.2, -0.15) is 0 Å². The normalized spacial score (nSPS) is 14.7. The van der Waals surface area contributed by atoms with Crippen LogP contribution in [0.5, 0.6) is 0 Å². The summed E-state index contributed by atoms with van der Waals surface area (Å²) >= 11 is 0. The summed E-state index contributed by atoms with van der Waals surface area (Å²) in [6.07, 6.45) is 8.09. The molecular weight excluding hydrogens is 268 g/mol. The van der Waals surface area contributed by atoms with Crippen molar-refractivity contribution in [3.05, 3.63) is 52.0 Å². The molecule has 2 heterocycles. The third-order valence-electron chi connectivity index (χ3n) is 3.75. The molecule has 0 fully saturated rings. The van der Waals surface area contributed by atoms with Crippen LogP contribution in [0, 0.1) is 0 Å². The molecule has 0 spiro atoms. The molecular formula is C15H18N4O2. The highest BCUT2D eigenvalue weighted by Gasteiger charge is 2.19. The van der Waals surface area contributed by atoms with Gasteiger partial charge in [-0.3, -0.25) is 9.59 Å². The number of aromatic nitrogens is 3. The van der Waals surface area contributed by atoms with Gasteiger partial charge in [-0.25, -0.2) is 4.98 Å². The number of fused-ring (bicyclic) bond motifs is 1. The Morgan fingerprint density at radius 2 is 2.38 bits per heavy atom. The van der Waals surface area contributed by atoms with E-state index in [9.17, 15) is 9.59 Å². The van der Waals surface area contributed by atoms with Crippen molar-refractivity contribution in [3.8, 4) is 0 Å². The number of hydrogen-bond donors (Lipinski definition) is 2. The molecule has 2 N–H and O–H groups in total. The van der Waals surface area contributed by atoms with Crippen molar-refractivity contribution in [2.45, 2.75) is 38.8 Å². The van der Waals surface area contributed by atoms with Gasteiger partial charge in [0.25, 0.3) is 11.5 Å². The number of carbonyl (C=O) groups excluding carboxylic acids is 1. The molecule has 0 bridgehead atoms. The van der Waals surface area contributed by atoms with Gasteiger partial charge < -0.3 is 14.9 Å². The van der Waals surface area contributed by atoms with Crippen LogP contribution in [0.15, 0.2) is 29.6 Å². The number of carbonyl (C=O) groups is 1. The number of imidazole rings is 1. The summed E-state index contributed by atoms with van der Waals surface area (Å²) in [6.45, 7) is 2.52. The molecule has 0 aliphatic heterocycles. The van der Waals surface area contributed by atoms with E-state index in [-0.39, 0.29) is 23.1 Å². The van der Waals surface area contributed by atoms with Crippen LogP contribution in [0.2, 0.25) is 0 Å². The zero-order chi connectivity index (χ0) is 14.8. The molecule has 2 aromatic rings. The number of H-pyrrole nitrogens is 1. The second-order valence-electron chi connectivity index (χ2n) is 5.50. The molecule has 1 aliphatic rings. The van der Waals surface area contributed by atoms with Crippen molar-refractivity contribution in [1.29, 1.82) is 0 Å². The Morgan fingerprint density at radius 1 is 1.52 bits per heavy atom. The summed E-state index contributed by atoms with van der Waals surface area (Å²) in [6, 6.07) is 1.65. The fraction of sp³-hybridized carbons (Fsp3) is 0.400. The molecule has 6 nitrogen and oxygen atoms in total. The molecule has 0 saturated heterocycles. The van der Waals surface area contributed by atoms with Gasteiger partial charge in [-0.1, -0.05) is 0 Å². The standard InChI is InChI=1S/C15H18N4O2/c1-10(8-19-6-5-16-9-19)17-14(20)12-7-11-3-2-4-13(11)18-15(12)21/h5-7,9-10H,2-4,8H2,1H3,(H,17,20)(H,18,21)/t10-/m1/s1. The van der Waals surface area contributed by atoms with Gasteiger partial charge in [0.05, 0.1) is 6.33 Å². The Kier molecular flexibility index (Phi) is 3.60. The molecule has 6 heteroatoms. The fourth-order valence-electron chi connectivity index (χ4n) is 2.74. The van der Waals surface area contributed by atoms with E-state index < -0.39 is 0 Å². The van der Waals surface area contributed by atoms with Crippen LogP contribution in [0.25, 0.3) is 0 Å². The predicted molar refractivity (Wildman–Crippen MR) is 78.2 cm³/mol. The molecule has 1 aliphatic carbocycles. The van der Waals surface area contributed by atoms with Crippen molar-refractivity contribution in [1.82, 2.24) is 19.9 Å². The maximum atomic E-state index is 12.2. The quantitative estimate of drug-likeness (QED) is 0.875. The van der Waals surface area contributed by atoms with Gasteiger partial charge in [0.15, 0.2) is 0 Å². The van der Waals surface area contributed by atoms with Gasteiger partial charge >= 0.3 is 0 Å². The number of rotatable bonds is 4. The van der Waals surface area contributed by atoms with E-state index in [1.54, 1.807) is 18.6 Å². The van der Waals surface area contributed by atoms with Crippen molar-refractivity contribution in [3.63, 3.8) is 0 Å². The highest BCUT2D eigenvalue weighted by molar-refractivity contribution is 5.94. The third kappa shape index (κ3) is 2.89. The second kappa shape index (κ2) is 5.55. The van der Waals surface area contributed by atoms with E-state index in [1.807, 2.05) is 17.7 Å². The summed E-state index contributed by atoms with van der Waals surface area (Å²) < 4.78 is 1.89. The minimum atomic E-state index is -0.321. The highest BCUT2D eigenvalue weighted by atomic mass is 16.2. The number of nitrogens with zero attached hydrogens (tertiary/aromatic N) is 2. The molecule has 3 rings (SSSR count). The van der Waals surface area contributed by atoms with Crippen LogP contribution in [0.4, 0.5) is 0 Å². The van der Waals surface area contributed by atoms with Crippen molar-refractivity contribution in [2.75, 3.05) is 0 Å². The van der Waals surface area contributed by atoms with E-state index in [4.69, 9.17) is 0 Å². The largest absolute Gasteiger partial charge is 0.348 e. The van der Waals surface area contributed by atoms with Gasteiger partial charge in [0, 0.05) is 30.7 Å². The molecule has 0 saturated carbocycles. The zero-order valence-electron chi connectivity index (χ0n) is 11.9. The van der Waals surface area contributed by atoms with E-state index in [0.29, 0.717) is 6.54 Å². The summed E-state index contributed by atoms with van der Waals surface area (Å²) in [7, 11) is 0. The summed E-state index contributed by atoms with van der Waals surface area (Å²) in [5.41, 5.74) is 1.96. The average molecular weight is 286 g/mol. The lowest BCUT2D eigenvalue weighted by atomic mass is 10.1. The first-order chi connectivity index (χ1) is 10.1. The Morgan fingerprint density at radius 3 is 3.14 bits per heavy atom. The van der Waals surface area contributed by atoms with Crippen LogP contribution in [0.1, 0.15) is 35.0 Å². The van der Waals surface area contributed by atoms with Crippen LogP contribution in [0.3, 0.4) is 0 Å². The van der Waals surface area contributed by atoms with Crippen molar-refractivity contribution >= 4 is 5.91 Å². The van der Waals surface area contributed by atoms with Gasteiger partial charge in [0.1, 0.15) is 5.56 Å². The smallest absolute Gasteiger partial charge is 0.261 e. The third-order valence-corrected chi connectivity index (χ3v) is 3.75. The first-order valence-corrected chi connectivity index (χ1v) is 7.15. The predicted octanol–water partition coefficient (Wildman–Crippen LogP) is 0.879. The topological polar surface area (TPSA) is 79.8 Å². The maximum absolute atomic E-state index is 12.2. The number of aryl methyl sites for hydroxylation is 2. The molecule has 21 heavy (non-hydrogen) atoms. The number of amides is 1. The lowest BCUT2D eigenvalue weighted by Gasteiger charge is -2.14. The first-order valence-electron chi connectivity index (χ1n) is 7.15. The Labute approximate surface area is 122 Å². The highest BCUT2D eigenvalue weighted by Crippen LogP contribution is 2.18. The molecule has 0 radical (unpaired) electrons. The lowest BCUT2D eigenvalue weighted by Crippen LogP contribution is -2.38. The second-order valence-corrected chi connectivity index (χ2v) is 5.50. The van der Waals surface area contributed by atoms with E-state index in [1.165, 1.54) is 0 Å². The van der Waals surface area contributed by atoms with Crippen LogP contribution in [-0.4, -0.2) is 26.5 Å². The van der Waals surface area contributed by atoms with Crippen LogP contribution in [-0.2, 0) is 19.4 Å². The number of aromatic amines is 1. The first kappa shape index (κ1) is 13.6. The van der Waals surface area contributed by atoms with Gasteiger partial charge in [0.2, 0.25) is 0 Å². The summed E-state index contributed by atoms with van der Waals surface area (Å²) in [5.74, 6) is -0.321. The number of pyridine rings is 1. The Balaban J connectivity index is 1.72. The summed E-state index contributed by atoms with van der Waals surface area (Å²) in [5, 5.41) is 2.86. The molecule has 1 atom stereocenters. The minimum Gasteiger partial charge on any atom is -0.348 e. The van der Waals surface area contributed by atoms with Crippen LogP contribution < -0.4 is 10.9 Å². The van der Waals surface area contributed by atoms with Gasteiger partial charge in [-0.15, -0.1) is 0 Å². The molecule has 2 aromatic heterocycles. The average Bonchev–Trinajstić information content (AvgIpc) is 3.08. The number of nitrogens with one attached hydrogen (secondary N) is 2. The Bertz CT molecular complexity index is 703. The monoisotopic (exact) mass is 286 g/mol. The Hall–Kier alpha value is -2.37. The SMILES string of the molecule is C[C@H](Cn1ccnc1)NC(=O)c1cc2c([nH]c1=O)CCC2. The number of hydrogen-bond acceptors (Lipinski definition) is 3. The van der Waals surface area contributed by atoms with Crippen molar-refractivity contribution < 1.29 is 4.79 Å². The molecule has 0 aromatic carbocycles. The lowest BCUT2D eigenvalue weighted by molar-refractivity contribution is 0.0935. The summed E-state index contributed by atoms with van der Waals surface area (Å²) in [4.78, 5) is 31.0. The fourth-order valence-corrected chi connectivity index (χ4v) is 2.74. The zero-order valence-corrected chi connectivity index (χ0v) is 11.9.